The van der Waals surface area contributed by atoms with E-state index in [0.29, 0.717) is 37.2 Å². The molecule has 0 unspecified atom stereocenters. The van der Waals surface area contributed by atoms with Crippen molar-refractivity contribution in [2.24, 2.45) is 11.8 Å². The molecule has 0 radical (unpaired) electrons. The second kappa shape index (κ2) is 9.19. The van der Waals surface area contributed by atoms with Crippen molar-refractivity contribution in [3.8, 4) is 0 Å². The highest BCUT2D eigenvalue weighted by Gasteiger charge is 2.35. The number of rotatable bonds is 5. The van der Waals surface area contributed by atoms with Crippen LogP contribution in [0.5, 0.6) is 0 Å². The molecule has 7 nitrogen and oxygen atoms in total. The number of nitrogens with zero attached hydrogens (tertiary/aromatic N) is 2. The standard InChI is InChI=1S/C21H30N4O3/c1-15-10-16(2)13-24(12-15)14-20(27)25-9-8-22-21(28)18(25)11-19(26)23-17-6-4-3-5-7-17/h3-7,15-16,18H,8-14H2,1-2H3,(H,22,28)(H,23,26)/t15-,16+,18-/m1/s1. The first-order valence-corrected chi connectivity index (χ1v) is 10.1. The van der Waals surface area contributed by atoms with Gasteiger partial charge in [0.25, 0.3) is 0 Å². The molecule has 1 aromatic rings. The molecule has 2 N–H and O–H groups in total. The quantitative estimate of drug-likeness (QED) is 0.800. The lowest BCUT2D eigenvalue weighted by Crippen LogP contribution is -2.60. The molecule has 2 aliphatic rings. The maximum Gasteiger partial charge on any atom is 0.243 e. The van der Waals surface area contributed by atoms with E-state index in [9.17, 15) is 14.4 Å². The van der Waals surface area contributed by atoms with Gasteiger partial charge < -0.3 is 15.5 Å². The van der Waals surface area contributed by atoms with Crippen molar-refractivity contribution in [1.82, 2.24) is 15.1 Å². The smallest absolute Gasteiger partial charge is 0.243 e. The number of hydrogen-bond acceptors (Lipinski definition) is 4. The first kappa shape index (κ1) is 20.3. The summed E-state index contributed by atoms with van der Waals surface area (Å²) in [6, 6.07) is 8.36. The van der Waals surface area contributed by atoms with E-state index in [1.165, 1.54) is 6.42 Å². The summed E-state index contributed by atoms with van der Waals surface area (Å²) in [5.41, 5.74) is 0.679. The number of anilines is 1. The van der Waals surface area contributed by atoms with Crippen LogP contribution in [0.2, 0.25) is 0 Å². The summed E-state index contributed by atoms with van der Waals surface area (Å²) in [6.07, 6.45) is 1.14. The van der Waals surface area contributed by atoms with Crippen molar-refractivity contribution in [2.75, 3.05) is 38.0 Å². The normalized spacial score (nSPS) is 25.9. The fourth-order valence-corrected chi connectivity index (χ4v) is 4.33. The summed E-state index contributed by atoms with van der Waals surface area (Å²) in [4.78, 5) is 41.5. The molecule has 0 aromatic heterocycles. The Morgan fingerprint density at radius 1 is 1.14 bits per heavy atom. The van der Waals surface area contributed by atoms with Crippen LogP contribution < -0.4 is 10.6 Å². The van der Waals surface area contributed by atoms with E-state index in [0.717, 1.165) is 13.1 Å². The second-order valence-corrected chi connectivity index (χ2v) is 8.15. The van der Waals surface area contributed by atoms with Crippen LogP contribution in [-0.2, 0) is 14.4 Å². The highest BCUT2D eigenvalue weighted by molar-refractivity contribution is 5.97. The van der Waals surface area contributed by atoms with Gasteiger partial charge in [-0.3, -0.25) is 19.3 Å². The van der Waals surface area contributed by atoms with Gasteiger partial charge in [-0.05, 0) is 30.4 Å². The van der Waals surface area contributed by atoms with Gasteiger partial charge in [0, 0.05) is 31.9 Å². The Hall–Kier alpha value is -2.41. The topological polar surface area (TPSA) is 81.8 Å². The van der Waals surface area contributed by atoms with Crippen molar-refractivity contribution >= 4 is 23.4 Å². The van der Waals surface area contributed by atoms with Gasteiger partial charge in [-0.1, -0.05) is 32.0 Å². The van der Waals surface area contributed by atoms with Crippen molar-refractivity contribution in [2.45, 2.75) is 32.7 Å². The number of para-hydroxylation sites is 1. The Morgan fingerprint density at radius 3 is 2.50 bits per heavy atom. The molecule has 2 heterocycles. The van der Waals surface area contributed by atoms with Crippen LogP contribution in [0.15, 0.2) is 30.3 Å². The first-order chi connectivity index (χ1) is 13.4. The summed E-state index contributed by atoms with van der Waals surface area (Å²) in [6.45, 7) is 7.38. The fraction of sp³-hybridized carbons (Fsp3) is 0.571. The van der Waals surface area contributed by atoms with Gasteiger partial charge in [-0.25, -0.2) is 0 Å². The van der Waals surface area contributed by atoms with Crippen LogP contribution in [0.4, 0.5) is 5.69 Å². The van der Waals surface area contributed by atoms with Crippen molar-refractivity contribution in [3.05, 3.63) is 30.3 Å². The Balaban J connectivity index is 1.62. The van der Waals surface area contributed by atoms with E-state index in [2.05, 4.69) is 29.4 Å². The van der Waals surface area contributed by atoms with Crippen LogP contribution in [-0.4, -0.2) is 66.3 Å². The Labute approximate surface area is 166 Å². The average molecular weight is 386 g/mol. The molecule has 2 fully saturated rings. The number of benzene rings is 1. The van der Waals surface area contributed by atoms with Gasteiger partial charge in [0.1, 0.15) is 6.04 Å². The lowest BCUT2D eigenvalue weighted by atomic mass is 9.92. The summed E-state index contributed by atoms with van der Waals surface area (Å²) in [7, 11) is 0. The van der Waals surface area contributed by atoms with Crippen LogP contribution in [0.25, 0.3) is 0 Å². The summed E-state index contributed by atoms with van der Waals surface area (Å²) in [5, 5.41) is 5.57. The third-order valence-electron chi connectivity index (χ3n) is 5.39. The summed E-state index contributed by atoms with van der Waals surface area (Å²) in [5.74, 6) is 0.519. The minimum absolute atomic E-state index is 0.0424. The molecule has 2 aliphatic heterocycles. The summed E-state index contributed by atoms with van der Waals surface area (Å²) < 4.78 is 0. The zero-order valence-corrected chi connectivity index (χ0v) is 16.7. The zero-order chi connectivity index (χ0) is 20.1. The zero-order valence-electron chi connectivity index (χ0n) is 16.7. The van der Waals surface area contributed by atoms with Crippen molar-refractivity contribution in [1.29, 1.82) is 0 Å². The molecular formula is C21H30N4O3. The molecule has 28 heavy (non-hydrogen) atoms. The molecule has 1 aromatic carbocycles. The molecule has 0 bridgehead atoms. The SMILES string of the molecule is C[C@@H]1C[C@H](C)CN(CC(=O)N2CCNC(=O)[C@H]2CC(=O)Nc2ccccc2)C1. The lowest BCUT2D eigenvalue weighted by Gasteiger charge is -2.38. The number of amides is 3. The third-order valence-corrected chi connectivity index (χ3v) is 5.39. The average Bonchev–Trinajstić information content (AvgIpc) is 2.63. The van der Waals surface area contributed by atoms with E-state index in [4.69, 9.17) is 0 Å². The maximum absolute atomic E-state index is 12.9. The molecular weight excluding hydrogens is 356 g/mol. The minimum atomic E-state index is -0.760. The highest BCUT2D eigenvalue weighted by atomic mass is 16.2. The number of nitrogens with one attached hydrogen (secondary N) is 2. The van der Waals surface area contributed by atoms with E-state index in [-0.39, 0.29) is 24.1 Å². The first-order valence-electron chi connectivity index (χ1n) is 10.1. The number of hydrogen-bond donors (Lipinski definition) is 2. The number of piperidine rings is 1. The minimum Gasteiger partial charge on any atom is -0.353 e. The van der Waals surface area contributed by atoms with Gasteiger partial charge in [0.15, 0.2) is 0 Å². The predicted molar refractivity (Wildman–Crippen MR) is 108 cm³/mol. The van der Waals surface area contributed by atoms with Crippen LogP contribution in [0.3, 0.4) is 0 Å². The number of carbonyl (C=O) groups excluding carboxylic acids is 3. The number of piperazine rings is 1. The third kappa shape index (κ3) is 5.32. The number of likely N-dealkylation sites (tertiary alicyclic amines) is 1. The Kier molecular flexibility index (Phi) is 6.67. The Bertz CT molecular complexity index is 699. The fourth-order valence-electron chi connectivity index (χ4n) is 4.33. The largest absolute Gasteiger partial charge is 0.353 e. The van der Waals surface area contributed by atoms with Gasteiger partial charge in [-0.15, -0.1) is 0 Å². The van der Waals surface area contributed by atoms with Crippen LogP contribution >= 0.6 is 0 Å². The molecule has 3 rings (SSSR count). The molecule has 152 valence electrons. The lowest BCUT2D eigenvalue weighted by molar-refractivity contribution is -0.145. The van der Waals surface area contributed by atoms with Gasteiger partial charge >= 0.3 is 0 Å². The van der Waals surface area contributed by atoms with Crippen molar-refractivity contribution < 1.29 is 14.4 Å². The predicted octanol–water partition coefficient (Wildman–Crippen LogP) is 1.32. The van der Waals surface area contributed by atoms with Crippen LogP contribution in [0.1, 0.15) is 26.7 Å². The molecule has 0 saturated carbocycles. The summed E-state index contributed by atoms with van der Waals surface area (Å²) >= 11 is 0. The van der Waals surface area contributed by atoms with E-state index in [1.54, 1.807) is 17.0 Å². The molecule has 3 atom stereocenters. The molecule has 2 saturated heterocycles. The van der Waals surface area contributed by atoms with Crippen LogP contribution in [0, 0.1) is 11.8 Å². The van der Waals surface area contributed by atoms with Crippen molar-refractivity contribution in [3.63, 3.8) is 0 Å². The molecule has 0 spiro atoms. The number of carbonyl (C=O) groups is 3. The molecule has 3 amide bonds. The van der Waals surface area contributed by atoms with Gasteiger partial charge in [0.05, 0.1) is 13.0 Å². The Morgan fingerprint density at radius 2 is 1.82 bits per heavy atom. The van der Waals surface area contributed by atoms with E-state index < -0.39 is 6.04 Å². The maximum atomic E-state index is 12.9. The second-order valence-electron chi connectivity index (χ2n) is 8.15. The van der Waals surface area contributed by atoms with E-state index >= 15 is 0 Å². The van der Waals surface area contributed by atoms with E-state index in [1.807, 2.05) is 18.2 Å². The molecule has 7 heteroatoms. The highest BCUT2D eigenvalue weighted by Crippen LogP contribution is 2.21. The molecule has 0 aliphatic carbocycles. The monoisotopic (exact) mass is 386 g/mol. The van der Waals surface area contributed by atoms with Gasteiger partial charge in [-0.2, -0.15) is 0 Å². The van der Waals surface area contributed by atoms with Gasteiger partial charge in [0.2, 0.25) is 17.7 Å².